The van der Waals surface area contributed by atoms with Crippen LogP contribution in [0.1, 0.15) is 0 Å². The van der Waals surface area contributed by atoms with E-state index >= 15 is 0 Å². The van der Waals surface area contributed by atoms with Crippen molar-refractivity contribution in [3.8, 4) is 22.6 Å². The highest BCUT2D eigenvalue weighted by Crippen LogP contribution is 2.26. The van der Waals surface area contributed by atoms with Crippen LogP contribution in [-0.4, -0.2) is 32.9 Å². The van der Waals surface area contributed by atoms with E-state index in [0.717, 1.165) is 27.6 Å². The Morgan fingerprint density at radius 2 is 1.81 bits per heavy atom. The van der Waals surface area contributed by atoms with E-state index in [1.807, 2.05) is 66.9 Å². The summed E-state index contributed by atoms with van der Waals surface area (Å²) in [6.45, 7) is 0. The number of pyridine rings is 2. The van der Waals surface area contributed by atoms with Crippen LogP contribution in [0, 0.1) is 0 Å². The molecule has 152 valence electrons. The maximum absolute atomic E-state index is 13.7. The lowest BCUT2D eigenvalue weighted by Gasteiger charge is -2.13. The molecule has 0 aliphatic rings. The van der Waals surface area contributed by atoms with Crippen LogP contribution in [0.25, 0.3) is 38.8 Å². The number of rotatable bonds is 4. The molecular weight excluding hydrogens is 408 g/mol. The predicted octanol–water partition coefficient (Wildman–Crippen LogP) is 4.73. The van der Waals surface area contributed by atoms with Gasteiger partial charge in [-0.1, -0.05) is 23.9 Å². The summed E-state index contributed by atoms with van der Waals surface area (Å²) in [4.78, 5) is 27.1. The van der Waals surface area contributed by atoms with Gasteiger partial charge in [-0.15, -0.1) is 0 Å². The van der Waals surface area contributed by atoms with Crippen molar-refractivity contribution in [2.45, 2.75) is 5.16 Å². The molecule has 0 aliphatic carbocycles. The summed E-state index contributed by atoms with van der Waals surface area (Å²) in [6, 6.07) is 19.0. The molecular formula is C24H18N4O2S. The van der Waals surface area contributed by atoms with Gasteiger partial charge in [-0.2, -0.15) is 0 Å². The van der Waals surface area contributed by atoms with Gasteiger partial charge >= 0.3 is 0 Å². The van der Waals surface area contributed by atoms with Crippen LogP contribution in [0.2, 0.25) is 0 Å². The lowest BCUT2D eigenvalue weighted by Crippen LogP contribution is -2.21. The van der Waals surface area contributed by atoms with Crippen molar-refractivity contribution in [2.75, 3.05) is 13.4 Å². The molecule has 0 fully saturated rings. The average Bonchev–Trinajstić information content (AvgIpc) is 2.83. The zero-order valence-electron chi connectivity index (χ0n) is 16.9. The van der Waals surface area contributed by atoms with E-state index in [1.165, 1.54) is 11.8 Å². The van der Waals surface area contributed by atoms with E-state index < -0.39 is 0 Å². The van der Waals surface area contributed by atoms with E-state index in [1.54, 1.807) is 24.1 Å². The fraction of sp³-hybridized carbons (Fsp3) is 0.0833. The maximum Gasteiger partial charge on any atom is 0.264 e. The summed E-state index contributed by atoms with van der Waals surface area (Å²) < 4.78 is 6.91. The number of nitrogens with zero attached hydrogens (tertiary/aromatic N) is 4. The van der Waals surface area contributed by atoms with Gasteiger partial charge in [-0.05, 0) is 60.4 Å². The third-order valence-electron chi connectivity index (χ3n) is 5.15. The minimum Gasteiger partial charge on any atom is -0.497 e. The number of methoxy groups -OCH3 is 1. The Morgan fingerprint density at radius 3 is 2.58 bits per heavy atom. The van der Waals surface area contributed by atoms with Crippen molar-refractivity contribution in [3.05, 3.63) is 83.4 Å². The van der Waals surface area contributed by atoms with Crippen molar-refractivity contribution in [3.63, 3.8) is 0 Å². The maximum atomic E-state index is 13.7. The molecule has 0 amide bonds. The minimum absolute atomic E-state index is 0.147. The number of ether oxygens (including phenoxy) is 1. The largest absolute Gasteiger partial charge is 0.497 e. The molecule has 5 aromatic rings. The minimum atomic E-state index is -0.147. The fourth-order valence-electron chi connectivity index (χ4n) is 3.60. The van der Waals surface area contributed by atoms with Gasteiger partial charge in [0.1, 0.15) is 5.75 Å². The van der Waals surface area contributed by atoms with E-state index in [0.29, 0.717) is 22.1 Å². The lowest BCUT2D eigenvalue weighted by atomic mass is 10.0. The summed E-state index contributed by atoms with van der Waals surface area (Å²) >= 11 is 1.44. The molecule has 0 atom stereocenters. The molecule has 0 spiro atoms. The number of fused-ring (bicyclic) bond motifs is 2. The Kier molecular flexibility index (Phi) is 4.88. The molecule has 5 rings (SSSR count). The van der Waals surface area contributed by atoms with Crippen LogP contribution in [0.15, 0.2) is 83.0 Å². The lowest BCUT2D eigenvalue weighted by molar-refractivity contribution is 0.414. The third kappa shape index (κ3) is 3.43. The molecule has 0 saturated heterocycles. The Morgan fingerprint density at radius 1 is 0.968 bits per heavy atom. The first-order valence-electron chi connectivity index (χ1n) is 9.64. The van der Waals surface area contributed by atoms with Gasteiger partial charge in [0, 0.05) is 28.7 Å². The van der Waals surface area contributed by atoms with Crippen LogP contribution in [0.4, 0.5) is 0 Å². The molecule has 31 heavy (non-hydrogen) atoms. The summed E-state index contributed by atoms with van der Waals surface area (Å²) in [5, 5.41) is 2.37. The molecule has 2 aromatic carbocycles. The summed E-state index contributed by atoms with van der Waals surface area (Å²) in [5.41, 5.74) is 3.42. The van der Waals surface area contributed by atoms with Crippen LogP contribution in [0.5, 0.6) is 5.75 Å². The highest BCUT2D eigenvalue weighted by Gasteiger charge is 2.15. The number of benzene rings is 2. The normalized spacial score (nSPS) is 11.2. The molecule has 0 saturated carbocycles. The fourth-order valence-corrected chi connectivity index (χ4v) is 3.94. The van der Waals surface area contributed by atoms with Crippen molar-refractivity contribution < 1.29 is 4.74 Å². The molecule has 0 unspecified atom stereocenters. The standard InChI is InChI=1S/C24H18N4O2S/c1-30-19-8-6-18(7-9-19)28-22-17(14-26-24(27-22)31-2)13-20(23(28)29)15-5-10-21-16(12-15)4-3-11-25-21/h3-14H,1-2H3. The highest BCUT2D eigenvalue weighted by molar-refractivity contribution is 7.98. The Labute approximate surface area is 182 Å². The Hall–Kier alpha value is -3.71. The van der Waals surface area contributed by atoms with Crippen molar-refractivity contribution >= 4 is 33.7 Å². The molecule has 7 heteroatoms. The van der Waals surface area contributed by atoms with Gasteiger partial charge in [-0.25, -0.2) is 9.97 Å². The quantitative estimate of drug-likeness (QED) is 0.306. The van der Waals surface area contributed by atoms with Crippen molar-refractivity contribution in [1.82, 2.24) is 19.5 Å². The monoisotopic (exact) mass is 426 g/mol. The second kappa shape index (κ2) is 7.85. The predicted molar refractivity (Wildman–Crippen MR) is 124 cm³/mol. The first-order valence-corrected chi connectivity index (χ1v) is 10.9. The molecule has 3 heterocycles. The van der Waals surface area contributed by atoms with Crippen molar-refractivity contribution in [2.24, 2.45) is 0 Å². The third-order valence-corrected chi connectivity index (χ3v) is 5.71. The summed E-state index contributed by atoms with van der Waals surface area (Å²) in [5.74, 6) is 0.721. The molecule has 0 aliphatic heterocycles. The summed E-state index contributed by atoms with van der Waals surface area (Å²) in [6.07, 6.45) is 5.43. The van der Waals surface area contributed by atoms with Crippen LogP contribution >= 0.6 is 11.8 Å². The van der Waals surface area contributed by atoms with E-state index in [4.69, 9.17) is 4.74 Å². The molecule has 0 N–H and O–H groups in total. The van der Waals surface area contributed by atoms with Crippen molar-refractivity contribution in [1.29, 1.82) is 0 Å². The highest BCUT2D eigenvalue weighted by atomic mass is 32.2. The number of thioether (sulfide) groups is 1. The van der Waals surface area contributed by atoms with Crippen LogP contribution in [-0.2, 0) is 0 Å². The van der Waals surface area contributed by atoms with Gasteiger partial charge in [0.05, 0.1) is 18.3 Å². The number of hydrogen-bond acceptors (Lipinski definition) is 6. The molecule has 6 nitrogen and oxygen atoms in total. The van der Waals surface area contributed by atoms with Gasteiger partial charge in [-0.3, -0.25) is 14.3 Å². The van der Waals surface area contributed by atoms with E-state index in [2.05, 4.69) is 15.0 Å². The van der Waals surface area contributed by atoms with Crippen LogP contribution in [0.3, 0.4) is 0 Å². The van der Waals surface area contributed by atoms with Gasteiger partial charge < -0.3 is 4.74 Å². The second-order valence-corrected chi connectivity index (χ2v) is 7.72. The number of hydrogen-bond donors (Lipinski definition) is 0. The van der Waals surface area contributed by atoms with E-state index in [-0.39, 0.29) is 5.56 Å². The van der Waals surface area contributed by atoms with Gasteiger partial charge in [0.25, 0.3) is 5.56 Å². The van der Waals surface area contributed by atoms with Crippen LogP contribution < -0.4 is 10.3 Å². The van der Waals surface area contributed by atoms with Gasteiger partial charge in [0.2, 0.25) is 0 Å². The first kappa shape index (κ1) is 19.3. The van der Waals surface area contributed by atoms with Gasteiger partial charge in [0.15, 0.2) is 10.8 Å². The van der Waals surface area contributed by atoms with E-state index in [9.17, 15) is 4.79 Å². The molecule has 0 bridgehead atoms. The zero-order valence-corrected chi connectivity index (χ0v) is 17.8. The molecule has 0 radical (unpaired) electrons. The topological polar surface area (TPSA) is 69.9 Å². The molecule has 3 aromatic heterocycles. The Balaban J connectivity index is 1.81. The summed E-state index contributed by atoms with van der Waals surface area (Å²) in [7, 11) is 1.61. The second-order valence-electron chi connectivity index (χ2n) is 6.94. The first-order chi connectivity index (χ1) is 15.2. The Bertz CT molecular complexity index is 1480. The zero-order chi connectivity index (χ0) is 21.4. The SMILES string of the molecule is COc1ccc(-n2c(=O)c(-c3ccc4ncccc4c3)cc3cnc(SC)nc32)cc1. The number of aromatic nitrogens is 4. The smallest absolute Gasteiger partial charge is 0.264 e. The average molecular weight is 427 g/mol.